The van der Waals surface area contributed by atoms with E-state index in [-0.39, 0.29) is 11.5 Å². The van der Waals surface area contributed by atoms with Crippen LogP contribution < -0.4 is 10.6 Å². The van der Waals surface area contributed by atoms with Crippen molar-refractivity contribution in [2.45, 2.75) is 59.5 Å². The van der Waals surface area contributed by atoms with Crippen molar-refractivity contribution in [2.24, 2.45) is 10.4 Å². The van der Waals surface area contributed by atoms with Gasteiger partial charge in [-0.25, -0.2) is 0 Å². The van der Waals surface area contributed by atoms with Gasteiger partial charge in [0.2, 0.25) is 0 Å². The summed E-state index contributed by atoms with van der Waals surface area (Å²) in [6.07, 6.45) is 5.23. The van der Waals surface area contributed by atoms with Crippen molar-refractivity contribution >= 4 is 5.96 Å². The quantitative estimate of drug-likeness (QED) is 0.405. The van der Waals surface area contributed by atoms with Gasteiger partial charge in [-0.1, -0.05) is 47.0 Å². The zero-order chi connectivity index (χ0) is 14.7. The number of nitrogens with one attached hydrogen (secondary N) is 2. The molecule has 0 aromatic rings. The van der Waals surface area contributed by atoms with Gasteiger partial charge in [0.05, 0.1) is 6.10 Å². The highest BCUT2D eigenvalue weighted by Crippen LogP contribution is 2.20. The highest BCUT2D eigenvalue weighted by atomic mass is 16.5. The van der Waals surface area contributed by atoms with Crippen LogP contribution in [0.25, 0.3) is 0 Å². The van der Waals surface area contributed by atoms with E-state index in [2.05, 4.69) is 43.3 Å². The van der Waals surface area contributed by atoms with E-state index < -0.39 is 0 Å². The monoisotopic (exact) mass is 271 g/mol. The van der Waals surface area contributed by atoms with Crippen LogP contribution in [0.15, 0.2) is 4.99 Å². The van der Waals surface area contributed by atoms with E-state index >= 15 is 0 Å². The third-order valence-corrected chi connectivity index (χ3v) is 3.25. The van der Waals surface area contributed by atoms with Crippen LogP contribution in [0.3, 0.4) is 0 Å². The molecule has 19 heavy (non-hydrogen) atoms. The Morgan fingerprint density at radius 1 is 1.16 bits per heavy atom. The summed E-state index contributed by atoms with van der Waals surface area (Å²) in [6.45, 7) is 10.5. The zero-order valence-electron chi connectivity index (χ0n) is 13.7. The topological polar surface area (TPSA) is 45.7 Å². The minimum atomic E-state index is 0.127. The molecule has 2 N–H and O–H groups in total. The maximum Gasteiger partial charge on any atom is 0.191 e. The molecule has 0 rings (SSSR count). The van der Waals surface area contributed by atoms with Crippen LogP contribution in [0.4, 0.5) is 0 Å². The van der Waals surface area contributed by atoms with Gasteiger partial charge in [0.1, 0.15) is 0 Å². The Morgan fingerprint density at radius 2 is 1.84 bits per heavy atom. The molecule has 0 saturated carbocycles. The molecule has 0 bridgehead atoms. The summed E-state index contributed by atoms with van der Waals surface area (Å²) < 4.78 is 5.52. The summed E-state index contributed by atoms with van der Waals surface area (Å²) in [5.41, 5.74) is 0.127. The van der Waals surface area contributed by atoms with Crippen LogP contribution in [0.2, 0.25) is 0 Å². The Hall–Kier alpha value is -0.770. The second-order valence-corrected chi connectivity index (χ2v) is 6.03. The lowest BCUT2D eigenvalue weighted by atomic mass is 9.89. The van der Waals surface area contributed by atoms with E-state index in [4.69, 9.17) is 4.74 Å². The highest BCUT2D eigenvalue weighted by Gasteiger charge is 2.24. The largest absolute Gasteiger partial charge is 0.379 e. The fourth-order valence-electron chi connectivity index (χ4n) is 1.91. The van der Waals surface area contributed by atoms with Gasteiger partial charge in [-0.15, -0.1) is 0 Å². The van der Waals surface area contributed by atoms with E-state index in [1.54, 1.807) is 14.2 Å². The lowest BCUT2D eigenvalue weighted by Gasteiger charge is -2.30. The number of hydrogen-bond acceptors (Lipinski definition) is 2. The number of methoxy groups -OCH3 is 1. The van der Waals surface area contributed by atoms with Crippen molar-refractivity contribution in [3.05, 3.63) is 0 Å². The predicted octanol–water partition coefficient (Wildman–Crippen LogP) is 2.79. The second-order valence-electron chi connectivity index (χ2n) is 6.03. The maximum atomic E-state index is 5.52. The molecule has 4 heteroatoms. The molecule has 0 aliphatic heterocycles. The first-order chi connectivity index (χ1) is 8.95. The molecule has 1 unspecified atom stereocenters. The molecule has 0 spiro atoms. The van der Waals surface area contributed by atoms with Gasteiger partial charge in [0.15, 0.2) is 5.96 Å². The molecule has 0 aliphatic rings. The Balaban J connectivity index is 3.94. The molecule has 1 atom stereocenters. The second kappa shape index (κ2) is 10.1. The highest BCUT2D eigenvalue weighted by molar-refractivity contribution is 5.79. The molecule has 0 aromatic carbocycles. The molecule has 0 amide bonds. The lowest BCUT2D eigenvalue weighted by Crippen LogP contribution is -2.45. The Kier molecular flexibility index (Phi) is 9.66. The number of aliphatic imine (C=N–C) groups is 1. The lowest BCUT2D eigenvalue weighted by molar-refractivity contribution is 0.0205. The molecule has 4 nitrogen and oxygen atoms in total. The van der Waals surface area contributed by atoms with E-state index in [0.717, 1.165) is 19.0 Å². The predicted molar refractivity (Wildman–Crippen MR) is 83.8 cm³/mol. The summed E-state index contributed by atoms with van der Waals surface area (Å²) in [5.74, 6) is 0.864. The minimum absolute atomic E-state index is 0.127. The number of nitrogens with zero attached hydrogens (tertiary/aromatic N) is 1. The minimum Gasteiger partial charge on any atom is -0.379 e. The first-order valence-corrected chi connectivity index (χ1v) is 7.43. The molecule has 0 aromatic heterocycles. The third kappa shape index (κ3) is 8.87. The van der Waals surface area contributed by atoms with Crippen molar-refractivity contribution < 1.29 is 4.74 Å². The average molecular weight is 271 g/mol. The van der Waals surface area contributed by atoms with Crippen LogP contribution in [0.1, 0.15) is 53.4 Å². The summed E-state index contributed by atoms with van der Waals surface area (Å²) >= 11 is 0. The van der Waals surface area contributed by atoms with Crippen molar-refractivity contribution in [1.29, 1.82) is 0 Å². The molecule has 0 heterocycles. The first kappa shape index (κ1) is 18.2. The molecule has 0 fully saturated rings. The molecule has 0 saturated heterocycles. The van der Waals surface area contributed by atoms with Crippen LogP contribution in [-0.2, 0) is 4.74 Å². The van der Waals surface area contributed by atoms with Gasteiger partial charge in [0, 0.05) is 27.2 Å². The third-order valence-electron chi connectivity index (χ3n) is 3.25. The van der Waals surface area contributed by atoms with Gasteiger partial charge in [0.25, 0.3) is 0 Å². The zero-order valence-corrected chi connectivity index (χ0v) is 13.7. The molecular formula is C15H33N3O. The maximum absolute atomic E-state index is 5.52. The van der Waals surface area contributed by atoms with Crippen LogP contribution in [0.5, 0.6) is 0 Å². The van der Waals surface area contributed by atoms with Gasteiger partial charge in [-0.05, 0) is 11.8 Å². The van der Waals surface area contributed by atoms with E-state index in [0.29, 0.717) is 0 Å². The fourth-order valence-corrected chi connectivity index (χ4v) is 1.91. The van der Waals surface area contributed by atoms with E-state index in [1.165, 1.54) is 25.7 Å². The SMILES string of the molecule is CCCCCCNC(=NC)NCC(OC)C(C)(C)C. The normalized spacial score (nSPS) is 14.3. The van der Waals surface area contributed by atoms with Crippen molar-refractivity contribution in [3.63, 3.8) is 0 Å². The van der Waals surface area contributed by atoms with E-state index in [9.17, 15) is 0 Å². The number of unbranched alkanes of at least 4 members (excludes halogenated alkanes) is 3. The fraction of sp³-hybridized carbons (Fsp3) is 0.933. The average Bonchev–Trinajstić information content (AvgIpc) is 2.35. The van der Waals surface area contributed by atoms with Gasteiger partial charge >= 0.3 is 0 Å². The number of hydrogen-bond donors (Lipinski definition) is 2. The molecular weight excluding hydrogens is 238 g/mol. The smallest absolute Gasteiger partial charge is 0.191 e. The van der Waals surface area contributed by atoms with Gasteiger partial charge < -0.3 is 15.4 Å². The summed E-state index contributed by atoms with van der Waals surface area (Å²) in [7, 11) is 3.57. The summed E-state index contributed by atoms with van der Waals surface area (Å²) in [6, 6.07) is 0. The van der Waals surface area contributed by atoms with Crippen molar-refractivity contribution in [2.75, 3.05) is 27.2 Å². The summed E-state index contributed by atoms with van der Waals surface area (Å²) in [5, 5.41) is 6.67. The van der Waals surface area contributed by atoms with Crippen LogP contribution in [-0.4, -0.2) is 39.3 Å². The van der Waals surface area contributed by atoms with E-state index in [1.807, 2.05) is 0 Å². The summed E-state index contributed by atoms with van der Waals surface area (Å²) in [4.78, 5) is 4.23. The van der Waals surface area contributed by atoms with Crippen LogP contribution >= 0.6 is 0 Å². The number of rotatable bonds is 8. The Bertz CT molecular complexity index is 246. The Morgan fingerprint density at radius 3 is 2.32 bits per heavy atom. The van der Waals surface area contributed by atoms with Crippen molar-refractivity contribution in [1.82, 2.24) is 10.6 Å². The molecule has 114 valence electrons. The standard InChI is InChI=1S/C15H33N3O/c1-7-8-9-10-11-17-14(16-5)18-12-13(19-6)15(2,3)4/h13H,7-12H2,1-6H3,(H2,16,17,18). The van der Waals surface area contributed by atoms with Gasteiger partial charge in [-0.2, -0.15) is 0 Å². The number of guanidine groups is 1. The first-order valence-electron chi connectivity index (χ1n) is 7.43. The van der Waals surface area contributed by atoms with Crippen LogP contribution in [0, 0.1) is 5.41 Å². The molecule has 0 aliphatic carbocycles. The molecule has 0 radical (unpaired) electrons. The van der Waals surface area contributed by atoms with Crippen molar-refractivity contribution in [3.8, 4) is 0 Å². The number of ether oxygens (including phenoxy) is 1. The van der Waals surface area contributed by atoms with Gasteiger partial charge in [-0.3, -0.25) is 4.99 Å². The Labute approximate surface area is 119 Å².